The standard InChI is InChI=1S/C30H31NO13/c1-11(32)29(39)42-10-18(33)30(40)8-14-21(17(9-30)44-19-7-15(31)24(34)12(2)43-19)28(38)23-22(26(14)36)25(35)13-5-4-6-16(41-3)20(13)27(23)37/h4-6,12,15,17,19,24,34,36,38,40H,7-10,31H2,1-3H3/t12-,15-,17-,19-,24?,30-/m0/s1. The average Bonchev–Trinajstić information content (AvgIpc) is 2.98. The summed E-state index contributed by atoms with van der Waals surface area (Å²) in [6.45, 7) is 1.48. The zero-order valence-corrected chi connectivity index (χ0v) is 24.0. The van der Waals surface area contributed by atoms with Gasteiger partial charge in [0.25, 0.3) is 0 Å². The number of nitrogens with two attached hydrogens (primary N) is 1. The van der Waals surface area contributed by atoms with Crippen molar-refractivity contribution in [3.63, 3.8) is 0 Å². The van der Waals surface area contributed by atoms with Gasteiger partial charge in [-0.3, -0.25) is 19.2 Å². The third kappa shape index (κ3) is 5.04. The monoisotopic (exact) mass is 613 g/mol. The van der Waals surface area contributed by atoms with E-state index in [1.807, 2.05) is 0 Å². The number of methoxy groups -OCH3 is 1. The number of aliphatic hydroxyl groups excluding tert-OH is 1. The molecule has 0 amide bonds. The van der Waals surface area contributed by atoms with Crippen molar-refractivity contribution in [3.8, 4) is 17.2 Å². The van der Waals surface area contributed by atoms with Crippen molar-refractivity contribution >= 4 is 29.1 Å². The zero-order chi connectivity index (χ0) is 32.2. The lowest BCUT2D eigenvalue weighted by molar-refractivity contribution is -0.247. The first-order chi connectivity index (χ1) is 20.7. The van der Waals surface area contributed by atoms with Crippen LogP contribution in [0.15, 0.2) is 18.2 Å². The lowest BCUT2D eigenvalue weighted by Crippen LogP contribution is -2.53. The van der Waals surface area contributed by atoms with Gasteiger partial charge in [-0.15, -0.1) is 0 Å². The van der Waals surface area contributed by atoms with Gasteiger partial charge >= 0.3 is 5.97 Å². The van der Waals surface area contributed by atoms with E-state index < -0.39 is 107 Å². The van der Waals surface area contributed by atoms with Gasteiger partial charge in [0.1, 0.15) is 22.8 Å². The fraction of sp³-hybridized carbons (Fsp3) is 0.433. The highest BCUT2D eigenvalue weighted by Crippen LogP contribution is 2.52. The summed E-state index contributed by atoms with van der Waals surface area (Å²) in [5.74, 6) is -6.42. The molecule has 1 aliphatic heterocycles. The van der Waals surface area contributed by atoms with E-state index in [2.05, 4.69) is 0 Å². The van der Waals surface area contributed by atoms with Crippen LogP contribution in [-0.4, -0.2) is 93.4 Å². The summed E-state index contributed by atoms with van der Waals surface area (Å²) >= 11 is 0. The molecule has 1 fully saturated rings. The third-order valence-electron chi connectivity index (χ3n) is 8.28. The molecule has 0 spiro atoms. The molecule has 2 aromatic carbocycles. The largest absolute Gasteiger partial charge is 0.507 e. The normalized spacial score (nSPS) is 27.5. The number of Topliss-reactive ketones (excluding diaryl/α,β-unsaturated/α-hetero) is 2. The molecule has 1 heterocycles. The molecular weight excluding hydrogens is 582 g/mol. The highest BCUT2D eigenvalue weighted by atomic mass is 16.7. The number of benzene rings is 2. The summed E-state index contributed by atoms with van der Waals surface area (Å²) in [5, 5.41) is 44.9. The molecule has 6 atom stereocenters. The van der Waals surface area contributed by atoms with E-state index >= 15 is 0 Å². The summed E-state index contributed by atoms with van der Waals surface area (Å²) in [6.07, 6.45) is -5.70. The van der Waals surface area contributed by atoms with E-state index in [1.165, 1.54) is 25.3 Å². The summed E-state index contributed by atoms with van der Waals surface area (Å²) in [5.41, 5.74) is 1.88. The van der Waals surface area contributed by atoms with Crippen LogP contribution in [0.1, 0.15) is 75.8 Å². The number of hydrogen-bond donors (Lipinski definition) is 5. The summed E-state index contributed by atoms with van der Waals surface area (Å²) in [4.78, 5) is 63.6. The number of phenolic OH excluding ortho intramolecular Hbond substituents is 2. The number of fused-ring (bicyclic) bond motifs is 3. The molecule has 5 rings (SSSR count). The number of aliphatic hydroxyl groups is 2. The molecule has 14 nitrogen and oxygen atoms in total. The predicted molar refractivity (Wildman–Crippen MR) is 146 cm³/mol. The Bertz CT molecular complexity index is 1590. The fourth-order valence-electron chi connectivity index (χ4n) is 5.97. The molecule has 0 saturated carbocycles. The lowest BCUT2D eigenvalue weighted by atomic mass is 9.72. The fourth-order valence-corrected chi connectivity index (χ4v) is 5.97. The van der Waals surface area contributed by atoms with Crippen molar-refractivity contribution in [1.29, 1.82) is 0 Å². The molecule has 2 aromatic rings. The van der Waals surface area contributed by atoms with Gasteiger partial charge in [0, 0.05) is 48.9 Å². The molecule has 6 N–H and O–H groups in total. The Balaban J connectivity index is 1.64. The van der Waals surface area contributed by atoms with E-state index in [9.17, 15) is 44.4 Å². The Morgan fingerprint density at radius 3 is 2.41 bits per heavy atom. The second-order valence-electron chi connectivity index (χ2n) is 11.1. The van der Waals surface area contributed by atoms with E-state index in [0.717, 1.165) is 6.92 Å². The molecule has 0 bridgehead atoms. The highest BCUT2D eigenvalue weighted by Gasteiger charge is 2.50. The zero-order valence-electron chi connectivity index (χ0n) is 24.0. The van der Waals surface area contributed by atoms with Gasteiger partial charge in [-0.2, -0.15) is 0 Å². The summed E-state index contributed by atoms with van der Waals surface area (Å²) < 4.78 is 21.8. The van der Waals surface area contributed by atoms with Gasteiger partial charge in [0.05, 0.1) is 42.1 Å². The van der Waals surface area contributed by atoms with Gasteiger partial charge < -0.3 is 45.1 Å². The molecule has 0 radical (unpaired) electrons. The number of carbonyl (C=O) groups is 5. The molecule has 1 saturated heterocycles. The second kappa shape index (κ2) is 11.4. The second-order valence-corrected chi connectivity index (χ2v) is 11.1. The first kappa shape index (κ1) is 31.2. The number of carbonyl (C=O) groups excluding carboxylic acids is 5. The van der Waals surface area contributed by atoms with Crippen molar-refractivity contribution in [2.24, 2.45) is 5.73 Å². The Morgan fingerprint density at radius 2 is 1.77 bits per heavy atom. The number of phenols is 2. The number of hydrogen-bond acceptors (Lipinski definition) is 14. The van der Waals surface area contributed by atoms with Gasteiger partial charge in [-0.25, -0.2) is 4.79 Å². The maximum Gasteiger partial charge on any atom is 0.374 e. The van der Waals surface area contributed by atoms with Crippen molar-refractivity contribution in [2.75, 3.05) is 13.7 Å². The SMILES string of the molecule is COc1cccc2c1C(=O)c1c(O)c3c(c(O)c1C2=O)C[C@@](O)(C(=O)COC(=O)C(C)=O)C[C@@H]3O[C@H]1C[C@H](N)C(O)[C@H](C)O1. The van der Waals surface area contributed by atoms with Crippen LogP contribution in [0.4, 0.5) is 0 Å². The Morgan fingerprint density at radius 1 is 1.09 bits per heavy atom. The minimum absolute atomic E-state index is 0.0420. The molecule has 234 valence electrons. The van der Waals surface area contributed by atoms with Crippen LogP contribution in [0.2, 0.25) is 0 Å². The molecule has 3 aliphatic rings. The van der Waals surface area contributed by atoms with Crippen molar-refractivity contribution in [2.45, 2.75) is 69.4 Å². The van der Waals surface area contributed by atoms with E-state index in [0.29, 0.717) is 0 Å². The van der Waals surface area contributed by atoms with Gasteiger partial charge in [-0.05, 0) is 13.0 Å². The maximum atomic E-state index is 13.8. The van der Waals surface area contributed by atoms with Gasteiger partial charge in [-0.1, -0.05) is 12.1 Å². The third-order valence-corrected chi connectivity index (χ3v) is 8.28. The molecule has 1 unspecified atom stereocenters. The average molecular weight is 614 g/mol. The Kier molecular flexibility index (Phi) is 8.07. The minimum atomic E-state index is -2.41. The summed E-state index contributed by atoms with van der Waals surface area (Å²) in [7, 11) is 1.30. The number of ether oxygens (including phenoxy) is 4. The molecule has 44 heavy (non-hydrogen) atoms. The van der Waals surface area contributed by atoms with Crippen LogP contribution in [-0.2, 0) is 35.0 Å². The van der Waals surface area contributed by atoms with Crippen molar-refractivity contribution < 1.29 is 63.3 Å². The predicted octanol–water partition coefficient (Wildman–Crippen LogP) is 0.141. The molecular formula is C30H31NO13. The Labute approximate surface area is 250 Å². The first-order valence-electron chi connectivity index (χ1n) is 13.7. The molecule has 14 heteroatoms. The van der Waals surface area contributed by atoms with E-state index in [1.54, 1.807) is 6.92 Å². The van der Waals surface area contributed by atoms with Crippen LogP contribution < -0.4 is 10.5 Å². The topological polar surface area (TPSA) is 229 Å². The highest BCUT2D eigenvalue weighted by molar-refractivity contribution is 6.33. The van der Waals surface area contributed by atoms with E-state index in [4.69, 9.17) is 24.7 Å². The van der Waals surface area contributed by atoms with Crippen LogP contribution in [0.5, 0.6) is 17.2 Å². The number of aromatic hydroxyl groups is 2. The molecule has 2 aliphatic carbocycles. The number of esters is 1. The Hall–Kier alpha value is -4.21. The van der Waals surface area contributed by atoms with Crippen LogP contribution in [0.3, 0.4) is 0 Å². The van der Waals surface area contributed by atoms with Crippen molar-refractivity contribution in [3.05, 3.63) is 51.6 Å². The van der Waals surface area contributed by atoms with Crippen LogP contribution >= 0.6 is 0 Å². The van der Waals surface area contributed by atoms with Crippen LogP contribution in [0, 0.1) is 0 Å². The molecule has 0 aromatic heterocycles. The van der Waals surface area contributed by atoms with Gasteiger partial charge in [0.2, 0.25) is 17.3 Å². The smallest absolute Gasteiger partial charge is 0.374 e. The first-order valence-corrected chi connectivity index (χ1v) is 13.7. The number of ketones is 4. The lowest BCUT2D eigenvalue weighted by Gasteiger charge is -2.42. The maximum absolute atomic E-state index is 13.8. The minimum Gasteiger partial charge on any atom is -0.507 e. The van der Waals surface area contributed by atoms with Crippen molar-refractivity contribution in [1.82, 2.24) is 0 Å². The number of rotatable bonds is 7. The van der Waals surface area contributed by atoms with Gasteiger partial charge in [0.15, 0.2) is 18.7 Å². The summed E-state index contributed by atoms with van der Waals surface area (Å²) in [6, 6.07) is 3.50. The van der Waals surface area contributed by atoms with E-state index in [-0.39, 0.29) is 34.4 Å². The quantitative estimate of drug-likeness (QED) is 0.136. The van der Waals surface area contributed by atoms with Crippen LogP contribution in [0.25, 0.3) is 0 Å².